The number of nitrogens with zero attached hydrogens (tertiary/aromatic N) is 3. The lowest BCUT2D eigenvalue weighted by Crippen LogP contribution is -2.42. The summed E-state index contributed by atoms with van der Waals surface area (Å²) in [5.41, 5.74) is 10.8. The summed E-state index contributed by atoms with van der Waals surface area (Å²) in [6.45, 7) is 10.8. The van der Waals surface area contributed by atoms with Crippen LogP contribution in [-0.2, 0) is 4.43 Å². The Bertz CT molecular complexity index is 766. The van der Waals surface area contributed by atoms with Crippen LogP contribution in [-0.4, -0.2) is 8.32 Å². The quantitative estimate of drug-likeness (QED) is 0.235. The van der Waals surface area contributed by atoms with E-state index in [1.165, 1.54) is 12.1 Å². The van der Waals surface area contributed by atoms with E-state index >= 15 is 0 Å². The van der Waals surface area contributed by atoms with Crippen molar-refractivity contribution in [3.05, 3.63) is 82.0 Å². The molecule has 2 atom stereocenters. The average Bonchev–Trinajstić information content (AvgIpc) is 2.59. The highest BCUT2D eigenvalue weighted by Crippen LogP contribution is 2.44. The molecule has 0 spiro atoms. The number of hydrogen-bond donors (Lipinski definition) is 0. The van der Waals surface area contributed by atoms with Gasteiger partial charge in [-0.25, -0.2) is 4.39 Å². The molecule has 2 rings (SSSR count). The third-order valence-electron chi connectivity index (χ3n) is 5.03. The predicted octanol–water partition coefficient (Wildman–Crippen LogP) is 6.94. The highest BCUT2D eigenvalue weighted by molar-refractivity contribution is 6.74. The van der Waals surface area contributed by atoms with Crippen molar-refractivity contribution in [2.45, 2.75) is 51.0 Å². The standard InChI is InChI=1S/C20H26FN3OSi/c1-20(2,3)26(4,5)25-19(16-9-7-6-8-10-16)18(23-24-22)15-11-13-17(21)14-12-15/h6-14,18-19H,1-5H3/t18-,19+/m1/s1. The van der Waals surface area contributed by atoms with Gasteiger partial charge in [0.2, 0.25) is 0 Å². The number of benzene rings is 2. The fraction of sp³-hybridized carbons (Fsp3) is 0.400. The van der Waals surface area contributed by atoms with Crippen LogP contribution in [0.4, 0.5) is 4.39 Å². The lowest BCUT2D eigenvalue weighted by atomic mass is 9.96. The molecule has 138 valence electrons. The van der Waals surface area contributed by atoms with E-state index in [1.807, 2.05) is 30.3 Å². The Morgan fingerprint density at radius 1 is 1.00 bits per heavy atom. The van der Waals surface area contributed by atoms with Crippen molar-refractivity contribution in [2.75, 3.05) is 0 Å². The summed E-state index contributed by atoms with van der Waals surface area (Å²) in [4.78, 5) is 3.04. The Labute approximate surface area is 155 Å². The van der Waals surface area contributed by atoms with Crippen LogP contribution in [0.2, 0.25) is 18.1 Å². The van der Waals surface area contributed by atoms with Gasteiger partial charge in [0.05, 0.1) is 12.1 Å². The first-order valence-electron chi connectivity index (χ1n) is 8.68. The number of azide groups is 1. The molecule has 0 aromatic heterocycles. The second kappa shape index (κ2) is 8.04. The fourth-order valence-corrected chi connectivity index (χ4v) is 3.72. The van der Waals surface area contributed by atoms with Gasteiger partial charge in [-0.2, -0.15) is 0 Å². The molecule has 26 heavy (non-hydrogen) atoms. The van der Waals surface area contributed by atoms with Crippen LogP contribution in [0.1, 0.15) is 44.0 Å². The Morgan fingerprint density at radius 2 is 1.58 bits per heavy atom. The first kappa shape index (κ1) is 20.2. The smallest absolute Gasteiger partial charge is 0.192 e. The lowest BCUT2D eigenvalue weighted by Gasteiger charge is -2.41. The lowest BCUT2D eigenvalue weighted by molar-refractivity contribution is 0.154. The third kappa shape index (κ3) is 4.73. The summed E-state index contributed by atoms with van der Waals surface area (Å²) in [7, 11) is -2.14. The molecule has 0 heterocycles. The molecule has 4 nitrogen and oxygen atoms in total. The zero-order valence-corrected chi connectivity index (χ0v) is 17.0. The molecule has 0 saturated heterocycles. The predicted molar refractivity (Wildman–Crippen MR) is 106 cm³/mol. The molecular weight excluding hydrogens is 345 g/mol. The average molecular weight is 372 g/mol. The van der Waals surface area contributed by atoms with Gasteiger partial charge in [-0.1, -0.05) is 68.4 Å². The second-order valence-electron chi connectivity index (χ2n) is 7.91. The monoisotopic (exact) mass is 371 g/mol. The van der Waals surface area contributed by atoms with Crippen LogP contribution in [0.25, 0.3) is 10.4 Å². The van der Waals surface area contributed by atoms with E-state index < -0.39 is 20.5 Å². The van der Waals surface area contributed by atoms with Crippen molar-refractivity contribution < 1.29 is 8.82 Å². The normalized spacial score (nSPS) is 14.4. The van der Waals surface area contributed by atoms with Crippen LogP contribution in [0, 0.1) is 5.82 Å². The molecule has 6 heteroatoms. The Morgan fingerprint density at radius 3 is 2.08 bits per heavy atom. The third-order valence-corrected chi connectivity index (χ3v) is 9.49. The highest BCUT2D eigenvalue weighted by Gasteiger charge is 2.41. The van der Waals surface area contributed by atoms with E-state index in [0.29, 0.717) is 0 Å². The maximum atomic E-state index is 13.4. The molecule has 2 aromatic rings. The Balaban J connectivity index is 2.53. The SMILES string of the molecule is CC(C)(C)[Si](C)(C)O[C@@H](c1ccccc1)[C@H](N=[N+]=[N-])c1ccc(F)cc1. The van der Waals surface area contributed by atoms with E-state index in [1.54, 1.807) is 12.1 Å². The van der Waals surface area contributed by atoms with Crippen LogP contribution in [0.3, 0.4) is 0 Å². The minimum Gasteiger partial charge on any atom is -0.409 e. The number of rotatable bonds is 6. The molecule has 0 fully saturated rings. The van der Waals surface area contributed by atoms with E-state index in [0.717, 1.165) is 11.1 Å². The van der Waals surface area contributed by atoms with Gasteiger partial charge in [0.1, 0.15) is 5.82 Å². The van der Waals surface area contributed by atoms with E-state index in [4.69, 9.17) is 9.96 Å². The molecule has 0 aliphatic heterocycles. The summed E-state index contributed by atoms with van der Waals surface area (Å²) in [5, 5.41) is 4.03. The van der Waals surface area contributed by atoms with E-state index in [9.17, 15) is 4.39 Å². The molecule has 0 unspecified atom stereocenters. The fourth-order valence-electron chi connectivity index (χ4n) is 2.47. The number of halogens is 1. The maximum Gasteiger partial charge on any atom is 0.192 e. The van der Waals surface area contributed by atoms with Gasteiger partial charge in [-0.05, 0) is 46.9 Å². The van der Waals surface area contributed by atoms with Gasteiger partial charge in [-0.3, -0.25) is 0 Å². The molecule has 0 saturated carbocycles. The molecule has 0 amide bonds. The highest BCUT2D eigenvalue weighted by atomic mass is 28.4. The zero-order chi connectivity index (χ0) is 19.4. The van der Waals surface area contributed by atoms with E-state index in [-0.39, 0.29) is 10.9 Å². The van der Waals surface area contributed by atoms with Crippen molar-refractivity contribution in [2.24, 2.45) is 5.11 Å². The number of hydrogen-bond acceptors (Lipinski definition) is 2. The van der Waals surface area contributed by atoms with Gasteiger partial charge < -0.3 is 4.43 Å². The first-order valence-corrected chi connectivity index (χ1v) is 11.6. The largest absolute Gasteiger partial charge is 0.409 e. The summed E-state index contributed by atoms with van der Waals surface area (Å²) in [5.74, 6) is -0.324. The summed E-state index contributed by atoms with van der Waals surface area (Å²) >= 11 is 0. The van der Waals surface area contributed by atoms with Crippen molar-refractivity contribution in [3.63, 3.8) is 0 Å². The summed E-state index contributed by atoms with van der Waals surface area (Å²) in [6.07, 6.45) is -0.432. The van der Waals surface area contributed by atoms with Gasteiger partial charge >= 0.3 is 0 Å². The summed E-state index contributed by atoms with van der Waals surface area (Å²) in [6, 6.07) is 15.3. The molecule has 2 aromatic carbocycles. The first-order chi connectivity index (χ1) is 12.2. The van der Waals surface area contributed by atoms with Gasteiger partial charge in [0, 0.05) is 4.91 Å². The molecular formula is C20H26FN3OSi. The van der Waals surface area contributed by atoms with Gasteiger partial charge in [-0.15, -0.1) is 0 Å². The van der Waals surface area contributed by atoms with Crippen LogP contribution in [0.15, 0.2) is 59.7 Å². The van der Waals surface area contributed by atoms with Crippen molar-refractivity contribution in [1.29, 1.82) is 0 Å². The van der Waals surface area contributed by atoms with Gasteiger partial charge in [0.15, 0.2) is 8.32 Å². The van der Waals surface area contributed by atoms with Crippen LogP contribution < -0.4 is 0 Å². The Kier molecular flexibility index (Phi) is 6.24. The van der Waals surface area contributed by atoms with Crippen molar-refractivity contribution in [1.82, 2.24) is 0 Å². The molecule has 0 bridgehead atoms. The van der Waals surface area contributed by atoms with Crippen molar-refractivity contribution in [3.8, 4) is 0 Å². The molecule has 0 aliphatic rings. The van der Waals surface area contributed by atoms with E-state index in [2.05, 4.69) is 43.9 Å². The topological polar surface area (TPSA) is 58.0 Å². The molecule has 0 aliphatic carbocycles. The Hall–Kier alpha value is -2.14. The van der Waals surface area contributed by atoms with Crippen molar-refractivity contribution >= 4 is 8.32 Å². The van der Waals surface area contributed by atoms with Crippen LogP contribution in [0.5, 0.6) is 0 Å². The summed E-state index contributed by atoms with van der Waals surface area (Å²) < 4.78 is 20.0. The molecule has 0 N–H and O–H groups in total. The maximum absolute atomic E-state index is 13.4. The molecule has 0 radical (unpaired) electrons. The second-order valence-corrected chi connectivity index (χ2v) is 12.7. The minimum atomic E-state index is -2.14. The van der Waals surface area contributed by atoms with Crippen LogP contribution >= 0.6 is 0 Å². The van der Waals surface area contributed by atoms with Gasteiger partial charge in [0.25, 0.3) is 0 Å². The zero-order valence-electron chi connectivity index (χ0n) is 16.0. The minimum absolute atomic E-state index is 0.00370.